The highest BCUT2D eigenvalue weighted by atomic mass is 35.5. The fourth-order valence-electron chi connectivity index (χ4n) is 4.73. The van der Waals surface area contributed by atoms with Crippen LogP contribution >= 0.6 is 11.6 Å². The Morgan fingerprint density at radius 2 is 2.10 bits per heavy atom. The number of nitriles is 1. The number of benzene rings is 2. The van der Waals surface area contributed by atoms with E-state index in [1.54, 1.807) is 36.5 Å². The molecule has 1 atom stereocenters. The van der Waals surface area contributed by atoms with Crippen molar-refractivity contribution in [2.24, 2.45) is 0 Å². The maximum absolute atomic E-state index is 12.8. The van der Waals surface area contributed by atoms with E-state index in [0.29, 0.717) is 50.1 Å². The Balaban J connectivity index is 1.41. The van der Waals surface area contributed by atoms with E-state index >= 15 is 0 Å². The Bertz CT molecular complexity index is 1640. The molecule has 3 heterocycles. The average Bonchev–Trinajstić information content (AvgIpc) is 3.40. The summed E-state index contributed by atoms with van der Waals surface area (Å²) in [4.78, 5) is 23.7. The molecule has 9 nitrogen and oxygen atoms in total. The molecule has 10 heteroatoms. The number of ether oxygens (including phenoxy) is 2. The van der Waals surface area contributed by atoms with Crippen LogP contribution in [0.5, 0.6) is 11.5 Å². The molecule has 2 aromatic heterocycles. The number of carbonyl (C=O) groups excluding carboxylic acids is 1. The van der Waals surface area contributed by atoms with Crippen molar-refractivity contribution >= 4 is 45.5 Å². The number of aromatic nitrogens is 2. The highest BCUT2D eigenvalue weighted by Gasteiger charge is 2.19. The molecule has 41 heavy (non-hydrogen) atoms. The molecule has 0 bridgehead atoms. The summed E-state index contributed by atoms with van der Waals surface area (Å²) in [5, 5.41) is 17.1. The number of nitrogens with zero attached hydrogens (tertiary/aromatic N) is 4. The molecule has 0 aliphatic carbocycles. The summed E-state index contributed by atoms with van der Waals surface area (Å²) in [6.07, 6.45) is 8.82. The van der Waals surface area contributed by atoms with Crippen molar-refractivity contribution in [1.29, 1.82) is 5.26 Å². The minimum Gasteiger partial charge on any atom is -0.494 e. The van der Waals surface area contributed by atoms with Gasteiger partial charge in [-0.2, -0.15) is 5.26 Å². The molecule has 1 unspecified atom stereocenters. The minimum absolute atomic E-state index is 0.246. The van der Waals surface area contributed by atoms with E-state index in [-0.39, 0.29) is 18.6 Å². The third kappa shape index (κ3) is 6.57. The maximum atomic E-state index is 12.8. The molecule has 0 radical (unpaired) electrons. The third-order valence-corrected chi connectivity index (χ3v) is 7.21. The minimum atomic E-state index is -0.269. The van der Waals surface area contributed by atoms with Crippen molar-refractivity contribution in [3.63, 3.8) is 0 Å². The lowest BCUT2D eigenvalue weighted by Crippen LogP contribution is -2.23. The largest absolute Gasteiger partial charge is 0.494 e. The second-order valence-corrected chi connectivity index (χ2v) is 10.1. The number of methoxy groups -OCH3 is 1. The van der Waals surface area contributed by atoms with Crippen LogP contribution in [0.3, 0.4) is 0 Å². The summed E-state index contributed by atoms with van der Waals surface area (Å²) in [5.41, 5.74) is 3.34. The van der Waals surface area contributed by atoms with Crippen LogP contribution < -0.4 is 20.1 Å². The number of carbonyl (C=O) groups is 1. The van der Waals surface area contributed by atoms with Crippen LogP contribution in [0.1, 0.15) is 24.1 Å². The average molecular weight is 569 g/mol. The van der Waals surface area contributed by atoms with Crippen LogP contribution in [0.15, 0.2) is 73.1 Å². The lowest BCUT2D eigenvalue weighted by Gasteiger charge is -2.16. The summed E-state index contributed by atoms with van der Waals surface area (Å²) in [6.45, 7) is 1.30. The molecule has 1 aliphatic rings. The van der Waals surface area contributed by atoms with Gasteiger partial charge in [-0.25, -0.2) is 0 Å². The maximum Gasteiger partial charge on any atom is 0.248 e. The number of fused-ring (bicyclic) bond motifs is 1. The van der Waals surface area contributed by atoms with Crippen molar-refractivity contribution < 1.29 is 14.3 Å². The predicted molar refractivity (Wildman–Crippen MR) is 160 cm³/mol. The molecule has 4 aromatic rings. The Hall–Kier alpha value is -4.65. The van der Waals surface area contributed by atoms with Gasteiger partial charge < -0.3 is 20.1 Å². The number of halogens is 1. The Labute approximate surface area is 243 Å². The van der Waals surface area contributed by atoms with E-state index in [9.17, 15) is 10.1 Å². The third-order valence-electron chi connectivity index (χ3n) is 6.92. The molecule has 1 fully saturated rings. The SMILES string of the molecule is COc1cc2ncc(C#N)c(Nc3ccc(OCc4ccccn4)c(Cl)c3)c2cc1NC(=O)/C=C/C1CCCN1C. The van der Waals surface area contributed by atoms with Crippen LogP contribution in [0.2, 0.25) is 5.02 Å². The zero-order chi connectivity index (χ0) is 28.8. The van der Waals surface area contributed by atoms with Crippen molar-refractivity contribution in [2.75, 3.05) is 31.3 Å². The molecule has 1 amide bonds. The zero-order valence-corrected chi connectivity index (χ0v) is 23.5. The monoisotopic (exact) mass is 568 g/mol. The standard InChI is InChI=1S/C31H29ClN6O3/c1-38-13-5-7-23(38)9-11-30(39)37-27-15-24-26(16-29(27)40-2)35-18-20(17-33)31(24)36-21-8-10-28(25(32)14-21)41-19-22-6-3-4-12-34-22/h3-4,6,8-12,14-16,18,23H,5,7,13,19H2,1-2H3,(H,35,36)(H,37,39)/b11-9+. The number of nitrogens with one attached hydrogen (secondary N) is 2. The molecular formula is C31H29ClN6O3. The van der Waals surface area contributed by atoms with Crippen LogP contribution in [-0.2, 0) is 11.4 Å². The summed E-state index contributed by atoms with van der Waals surface area (Å²) in [6, 6.07) is 16.8. The molecule has 1 aliphatic heterocycles. The van der Waals surface area contributed by atoms with Gasteiger partial charge in [0.15, 0.2) is 0 Å². The lowest BCUT2D eigenvalue weighted by atomic mass is 10.1. The summed E-state index contributed by atoms with van der Waals surface area (Å²) >= 11 is 6.53. The van der Waals surface area contributed by atoms with Gasteiger partial charge in [-0.05, 0) is 62.8 Å². The van der Waals surface area contributed by atoms with E-state index in [4.69, 9.17) is 21.1 Å². The van der Waals surface area contributed by atoms with Crippen LogP contribution in [-0.4, -0.2) is 47.5 Å². The molecule has 0 spiro atoms. The van der Waals surface area contributed by atoms with Crippen LogP contribution in [0.4, 0.5) is 17.1 Å². The van der Waals surface area contributed by atoms with Gasteiger partial charge in [0, 0.05) is 41.7 Å². The van der Waals surface area contributed by atoms with E-state index in [0.717, 1.165) is 25.1 Å². The number of rotatable bonds is 9. The van der Waals surface area contributed by atoms with Crippen LogP contribution in [0, 0.1) is 11.3 Å². The summed E-state index contributed by atoms with van der Waals surface area (Å²) in [7, 11) is 3.58. The van der Waals surface area contributed by atoms with Gasteiger partial charge in [0.25, 0.3) is 0 Å². The van der Waals surface area contributed by atoms with Crippen molar-refractivity contribution in [2.45, 2.75) is 25.5 Å². The molecular weight excluding hydrogens is 540 g/mol. The molecule has 2 N–H and O–H groups in total. The Morgan fingerprint density at radius 1 is 1.22 bits per heavy atom. The van der Waals surface area contributed by atoms with Gasteiger partial charge in [0.2, 0.25) is 5.91 Å². The molecule has 5 rings (SSSR count). The van der Waals surface area contributed by atoms with Gasteiger partial charge in [0.1, 0.15) is 24.2 Å². The fraction of sp³-hybridized carbons (Fsp3) is 0.226. The van der Waals surface area contributed by atoms with Gasteiger partial charge in [0.05, 0.1) is 40.3 Å². The molecule has 208 valence electrons. The number of anilines is 3. The molecule has 1 saturated heterocycles. The first kappa shape index (κ1) is 27.9. The smallest absolute Gasteiger partial charge is 0.248 e. The first-order valence-electron chi connectivity index (χ1n) is 13.1. The van der Waals surface area contributed by atoms with E-state index in [1.807, 2.05) is 30.3 Å². The van der Waals surface area contributed by atoms with E-state index in [1.165, 1.54) is 13.3 Å². The number of amides is 1. The van der Waals surface area contributed by atoms with Crippen LogP contribution in [0.25, 0.3) is 10.9 Å². The topological polar surface area (TPSA) is 112 Å². The Morgan fingerprint density at radius 3 is 2.80 bits per heavy atom. The number of likely N-dealkylation sites (tertiary alicyclic amines) is 1. The van der Waals surface area contributed by atoms with Gasteiger partial charge in [-0.1, -0.05) is 23.7 Å². The highest BCUT2D eigenvalue weighted by Crippen LogP contribution is 2.37. The Kier molecular flexibility index (Phi) is 8.63. The molecule has 2 aromatic carbocycles. The first-order chi connectivity index (χ1) is 19.9. The second kappa shape index (κ2) is 12.7. The van der Waals surface area contributed by atoms with Crippen molar-refractivity contribution in [3.05, 3.63) is 89.4 Å². The molecule has 0 saturated carbocycles. The van der Waals surface area contributed by atoms with Gasteiger partial charge >= 0.3 is 0 Å². The lowest BCUT2D eigenvalue weighted by molar-refractivity contribution is -0.111. The zero-order valence-electron chi connectivity index (χ0n) is 22.7. The highest BCUT2D eigenvalue weighted by molar-refractivity contribution is 6.32. The van der Waals surface area contributed by atoms with Gasteiger partial charge in [-0.3, -0.25) is 19.7 Å². The fourth-order valence-corrected chi connectivity index (χ4v) is 4.97. The summed E-state index contributed by atoms with van der Waals surface area (Å²) in [5.74, 6) is 0.697. The second-order valence-electron chi connectivity index (χ2n) is 9.65. The number of likely N-dealkylation sites (N-methyl/N-ethyl adjacent to an activating group) is 1. The first-order valence-corrected chi connectivity index (χ1v) is 13.5. The number of hydrogen-bond acceptors (Lipinski definition) is 8. The van der Waals surface area contributed by atoms with Crippen molar-refractivity contribution in [3.8, 4) is 17.6 Å². The van der Waals surface area contributed by atoms with Gasteiger partial charge in [-0.15, -0.1) is 0 Å². The quantitative estimate of drug-likeness (QED) is 0.234. The number of hydrogen-bond donors (Lipinski definition) is 2. The van der Waals surface area contributed by atoms with Crippen molar-refractivity contribution in [1.82, 2.24) is 14.9 Å². The normalized spacial score (nSPS) is 15.1. The number of pyridine rings is 2. The summed E-state index contributed by atoms with van der Waals surface area (Å²) < 4.78 is 11.4. The van der Waals surface area contributed by atoms with E-state index < -0.39 is 0 Å². The van der Waals surface area contributed by atoms with E-state index in [2.05, 4.69) is 38.6 Å². The predicted octanol–water partition coefficient (Wildman–Crippen LogP) is 6.07.